The minimum atomic E-state index is 0.0102. The van der Waals surface area contributed by atoms with Gasteiger partial charge in [0.1, 0.15) is 0 Å². The van der Waals surface area contributed by atoms with E-state index in [2.05, 4.69) is 9.97 Å². The Bertz CT molecular complexity index is 895. The lowest BCUT2D eigenvalue weighted by Gasteiger charge is -2.17. The highest BCUT2D eigenvalue weighted by Crippen LogP contribution is 2.28. The summed E-state index contributed by atoms with van der Waals surface area (Å²) in [6, 6.07) is 15.5. The summed E-state index contributed by atoms with van der Waals surface area (Å²) in [6.07, 6.45) is 6.87. The highest BCUT2D eigenvalue weighted by Gasteiger charge is 2.32. The van der Waals surface area contributed by atoms with E-state index in [-0.39, 0.29) is 11.8 Å². The Morgan fingerprint density at radius 3 is 2.50 bits per heavy atom. The fraction of sp³-hybridized carbons (Fsp3) is 0.190. The van der Waals surface area contributed by atoms with E-state index in [1.807, 2.05) is 53.4 Å². The van der Waals surface area contributed by atoms with Crippen LogP contribution >= 0.6 is 11.6 Å². The smallest absolute Gasteiger partial charge is 0.230 e. The Hall–Kier alpha value is -2.72. The molecule has 0 spiro atoms. The molecule has 1 fully saturated rings. The number of benzene rings is 1. The van der Waals surface area contributed by atoms with Crippen molar-refractivity contribution in [1.82, 2.24) is 9.97 Å². The number of aromatic nitrogens is 2. The van der Waals surface area contributed by atoms with Crippen molar-refractivity contribution in [2.45, 2.75) is 12.8 Å². The first-order valence-electron chi connectivity index (χ1n) is 8.63. The third kappa shape index (κ3) is 3.46. The predicted octanol–water partition coefficient (Wildman–Crippen LogP) is 4.39. The number of carbonyl (C=O) groups excluding carboxylic acids is 1. The van der Waals surface area contributed by atoms with E-state index in [1.54, 1.807) is 18.6 Å². The maximum atomic E-state index is 12.8. The first-order valence-corrected chi connectivity index (χ1v) is 9.01. The number of hydrogen-bond donors (Lipinski definition) is 0. The standard InChI is InChI=1S/C21H18ClN3O/c22-18-3-1-15(2-4-18)13-17-9-12-25(21(17)26)19-5-6-20(24-14-19)16-7-10-23-11-8-16/h1-8,10-11,14,17H,9,12-13H2. The summed E-state index contributed by atoms with van der Waals surface area (Å²) in [7, 11) is 0. The Morgan fingerprint density at radius 1 is 1.04 bits per heavy atom. The molecule has 0 bridgehead atoms. The van der Waals surface area contributed by atoms with Crippen LogP contribution in [0.15, 0.2) is 67.1 Å². The van der Waals surface area contributed by atoms with E-state index in [4.69, 9.17) is 11.6 Å². The zero-order valence-electron chi connectivity index (χ0n) is 14.2. The van der Waals surface area contributed by atoms with Crippen LogP contribution in [0.3, 0.4) is 0 Å². The summed E-state index contributed by atoms with van der Waals surface area (Å²) in [5.41, 5.74) is 3.88. The topological polar surface area (TPSA) is 46.1 Å². The first kappa shape index (κ1) is 16.7. The fourth-order valence-corrected chi connectivity index (χ4v) is 3.45. The normalized spacial score (nSPS) is 16.9. The molecule has 3 aromatic rings. The highest BCUT2D eigenvalue weighted by molar-refractivity contribution is 6.30. The molecule has 0 aliphatic carbocycles. The molecule has 4 rings (SSSR count). The van der Waals surface area contributed by atoms with Crippen LogP contribution in [0.4, 0.5) is 5.69 Å². The van der Waals surface area contributed by atoms with Crippen LogP contribution in [-0.4, -0.2) is 22.4 Å². The number of nitrogens with zero attached hydrogens (tertiary/aromatic N) is 3. The summed E-state index contributed by atoms with van der Waals surface area (Å²) in [5.74, 6) is 0.175. The van der Waals surface area contributed by atoms with E-state index in [1.165, 1.54) is 0 Å². The van der Waals surface area contributed by atoms with Crippen molar-refractivity contribution in [3.05, 3.63) is 77.7 Å². The molecule has 130 valence electrons. The van der Waals surface area contributed by atoms with E-state index in [9.17, 15) is 4.79 Å². The van der Waals surface area contributed by atoms with Gasteiger partial charge in [-0.05, 0) is 54.8 Å². The van der Waals surface area contributed by atoms with Gasteiger partial charge in [-0.3, -0.25) is 14.8 Å². The van der Waals surface area contributed by atoms with Crippen molar-refractivity contribution in [2.24, 2.45) is 5.92 Å². The van der Waals surface area contributed by atoms with Gasteiger partial charge in [-0.2, -0.15) is 0 Å². The molecule has 4 nitrogen and oxygen atoms in total. The van der Waals surface area contributed by atoms with Crippen LogP contribution in [0.5, 0.6) is 0 Å². The summed E-state index contributed by atoms with van der Waals surface area (Å²) in [4.78, 5) is 23.2. The van der Waals surface area contributed by atoms with Crippen molar-refractivity contribution >= 4 is 23.2 Å². The lowest BCUT2D eigenvalue weighted by molar-refractivity contribution is -0.120. The molecule has 0 radical (unpaired) electrons. The molecule has 1 atom stereocenters. The average molecular weight is 364 g/mol. The fourth-order valence-electron chi connectivity index (χ4n) is 3.33. The van der Waals surface area contributed by atoms with Crippen LogP contribution in [0.1, 0.15) is 12.0 Å². The van der Waals surface area contributed by atoms with Gasteiger partial charge in [0.2, 0.25) is 5.91 Å². The van der Waals surface area contributed by atoms with Crippen molar-refractivity contribution in [2.75, 3.05) is 11.4 Å². The molecular weight excluding hydrogens is 346 g/mol. The highest BCUT2D eigenvalue weighted by atomic mass is 35.5. The van der Waals surface area contributed by atoms with Crippen LogP contribution in [0.25, 0.3) is 11.3 Å². The molecule has 5 heteroatoms. The van der Waals surface area contributed by atoms with Crippen molar-refractivity contribution in [1.29, 1.82) is 0 Å². The van der Waals surface area contributed by atoms with Crippen LogP contribution < -0.4 is 4.90 Å². The number of pyridine rings is 2. The molecule has 3 heterocycles. The Balaban J connectivity index is 1.47. The second-order valence-electron chi connectivity index (χ2n) is 6.44. The van der Waals surface area contributed by atoms with Gasteiger partial charge in [0.25, 0.3) is 0 Å². The van der Waals surface area contributed by atoms with Gasteiger partial charge in [0.15, 0.2) is 0 Å². The molecule has 1 saturated heterocycles. The number of hydrogen-bond acceptors (Lipinski definition) is 3. The molecule has 0 saturated carbocycles. The first-order chi connectivity index (χ1) is 12.7. The van der Waals surface area contributed by atoms with Gasteiger partial charge < -0.3 is 4.90 Å². The van der Waals surface area contributed by atoms with Gasteiger partial charge in [-0.25, -0.2) is 0 Å². The van der Waals surface area contributed by atoms with Crippen LogP contribution in [0.2, 0.25) is 5.02 Å². The number of rotatable bonds is 4. The lowest BCUT2D eigenvalue weighted by atomic mass is 9.98. The van der Waals surface area contributed by atoms with Gasteiger partial charge in [-0.1, -0.05) is 23.7 Å². The Labute approximate surface area is 157 Å². The largest absolute Gasteiger partial charge is 0.311 e. The minimum Gasteiger partial charge on any atom is -0.311 e. The monoisotopic (exact) mass is 363 g/mol. The summed E-state index contributed by atoms with van der Waals surface area (Å²) in [5, 5.41) is 0.716. The van der Waals surface area contributed by atoms with E-state index in [0.717, 1.165) is 41.9 Å². The lowest BCUT2D eigenvalue weighted by Crippen LogP contribution is -2.27. The number of amides is 1. The zero-order valence-corrected chi connectivity index (χ0v) is 14.9. The second-order valence-corrected chi connectivity index (χ2v) is 6.88. The minimum absolute atomic E-state index is 0.0102. The Morgan fingerprint density at radius 2 is 1.81 bits per heavy atom. The van der Waals surface area contributed by atoms with Crippen molar-refractivity contribution in [3.8, 4) is 11.3 Å². The molecule has 1 aromatic carbocycles. The van der Waals surface area contributed by atoms with Gasteiger partial charge in [0.05, 0.1) is 17.6 Å². The van der Waals surface area contributed by atoms with Crippen LogP contribution in [0, 0.1) is 5.92 Å². The summed E-state index contributed by atoms with van der Waals surface area (Å²) < 4.78 is 0. The average Bonchev–Trinajstić information content (AvgIpc) is 3.05. The SMILES string of the molecule is O=C1C(Cc2ccc(Cl)cc2)CCN1c1ccc(-c2ccncc2)nc1. The molecule has 2 aromatic heterocycles. The maximum Gasteiger partial charge on any atom is 0.230 e. The van der Waals surface area contributed by atoms with Gasteiger partial charge in [0, 0.05) is 35.4 Å². The Kier molecular flexibility index (Phi) is 4.67. The van der Waals surface area contributed by atoms with Crippen molar-refractivity contribution in [3.63, 3.8) is 0 Å². The van der Waals surface area contributed by atoms with Gasteiger partial charge >= 0.3 is 0 Å². The second kappa shape index (κ2) is 7.26. The van der Waals surface area contributed by atoms with E-state index < -0.39 is 0 Å². The van der Waals surface area contributed by atoms with Crippen LogP contribution in [-0.2, 0) is 11.2 Å². The predicted molar refractivity (Wildman–Crippen MR) is 103 cm³/mol. The van der Waals surface area contributed by atoms with E-state index in [0.29, 0.717) is 5.02 Å². The molecule has 1 unspecified atom stereocenters. The molecule has 26 heavy (non-hydrogen) atoms. The maximum absolute atomic E-state index is 12.8. The number of halogens is 1. The number of anilines is 1. The zero-order chi connectivity index (χ0) is 17.9. The summed E-state index contributed by atoms with van der Waals surface area (Å²) >= 11 is 5.93. The third-order valence-electron chi connectivity index (χ3n) is 4.75. The molecule has 0 N–H and O–H groups in total. The van der Waals surface area contributed by atoms with Gasteiger partial charge in [-0.15, -0.1) is 0 Å². The summed E-state index contributed by atoms with van der Waals surface area (Å²) in [6.45, 7) is 0.730. The van der Waals surface area contributed by atoms with Crippen molar-refractivity contribution < 1.29 is 4.79 Å². The van der Waals surface area contributed by atoms with E-state index >= 15 is 0 Å². The quantitative estimate of drug-likeness (QED) is 0.690. The molecular formula is C21H18ClN3O. The number of carbonyl (C=O) groups is 1. The molecule has 1 amide bonds. The third-order valence-corrected chi connectivity index (χ3v) is 5.00. The molecule has 1 aliphatic rings. The molecule has 1 aliphatic heterocycles.